The second-order valence-electron chi connectivity index (χ2n) is 0.671. The summed E-state index contributed by atoms with van der Waals surface area (Å²) >= 11 is 3.66. The molecule has 0 aliphatic heterocycles. The summed E-state index contributed by atoms with van der Waals surface area (Å²) in [5.41, 5.74) is 0. The average Bonchev–Trinajstić information content (AvgIpc) is 1.30. The third-order valence-corrected chi connectivity index (χ3v) is 0.264. The van der Waals surface area contributed by atoms with E-state index in [4.69, 9.17) is 0 Å². The first-order valence-electron chi connectivity index (χ1n) is 1.22. The molecule has 0 N–H and O–H groups in total. The van der Waals surface area contributed by atoms with E-state index in [2.05, 4.69) is 12.2 Å². The van der Waals surface area contributed by atoms with Gasteiger partial charge in [0.15, 0.2) is 0 Å². The van der Waals surface area contributed by atoms with Crippen molar-refractivity contribution in [2.45, 2.75) is 6.30 Å². The molecule has 0 amide bonds. The lowest BCUT2D eigenvalue weighted by Crippen LogP contribution is -1.99. The maximum absolute atomic E-state index is 10.8. The van der Waals surface area contributed by atoms with Crippen LogP contribution in [0.25, 0.3) is 0 Å². The Morgan fingerprint density at radius 2 is 1.86 bits per heavy atom. The maximum atomic E-state index is 10.8. The molecule has 0 saturated heterocycles. The molecule has 0 aromatic rings. The van der Waals surface area contributed by atoms with E-state index in [0.29, 0.717) is 0 Å². The fraction of sp³-hybridized carbons (Fsp3) is 0.500. The van der Waals surface area contributed by atoms with Gasteiger partial charge in [0.25, 0.3) is 0 Å². The van der Waals surface area contributed by atoms with Crippen LogP contribution in [0.3, 0.4) is 0 Å². The van der Waals surface area contributed by atoms with E-state index >= 15 is 0 Å². The second-order valence-corrected chi connectivity index (χ2v) is 0.853. The molecule has 7 heavy (non-hydrogen) atoms. The summed E-state index contributed by atoms with van der Waals surface area (Å²) < 4.78 is 32.3. The molecular formula is C2F3NS. The van der Waals surface area contributed by atoms with Crippen molar-refractivity contribution in [3.05, 3.63) is 0 Å². The summed E-state index contributed by atoms with van der Waals surface area (Å²) in [7, 11) is 0. The Labute approximate surface area is 42.9 Å². The third kappa shape index (κ3) is 5.59. The molecule has 0 heterocycles. The van der Waals surface area contributed by atoms with E-state index in [1.165, 1.54) is 5.16 Å². The van der Waals surface area contributed by atoms with Crippen LogP contribution in [0.2, 0.25) is 0 Å². The van der Waals surface area contributed by atoms with Crippen LogP contribution in [0, 0.1) is 0 Å². The molecule has 0 atom stereocenters. The Hall–Kier alpha value is -0.410. The van der Waals surface area contributed by atoms with Gasteiger partial charge in [-0.3, -0.25) is 0 Å². The van der Waals surface area contributed by atoms with Gasteiger partial charge in [0, 0.05) is 0 Å². The molecule has 40 valence electrons. The average molecular weight is 127 g/mol. The number of hydrogen-bond acceptors (Lipinski definition) is 2. The predicted octanol–water partition coefficient (Wildman–Crippen LogP) is 1.61. The normalized spacial score (nSPS) is 10.1. The maximum Gasteiger partial charge on any atom is 0.511 e. The Bertz CT molecular complexity index is 100.0. The van der Waals surface area contributed by atoms with Gasteiger partial charge in [0.1, 0.15) is 0 Å². The smallest absolute Gasteiger partial charge is 0.148 e. The number of rotatable bonds is 0. The zero-order valence-corrected chi connectivity index (χ0v) is 3.81. The van der Waals surface area contributed by atoms with Gasteiger partial charge < -0.3 is 0 Å². The standard InChI is InChI=1S/C2F3NS/c3-2(4,5)6-1-7. The molecule has 0 radical (unpaired) electrons. The summed E-state index contributed by atoms with van der Waals surface area (Å²) in [4.78, 5) is 1.82. The van der Waals surface area contributed by atoms with Crippen molar-refractivity contribution in [2.75, 3.05) is 0 Å². The van der Waals surface area contributed by atoms with Gasteiger partial charge in [-0.05, 0) is 12.2 Å². The number of thiocarbonyl (C=S) groups is 1. The van der Waals surface area contributed by atoms with Crippen molar-refractivity contribution < 1.29 is 13.2 Å². The van der Waals surface area contributed by atoms with Crippen LogP contribution < -0.4 is 0 Å². The highest BCUT2D eigenvalue weighted by Crippen LogP contribution is 2.13. The number of nitrogens with zero attached hydrogens (tertiary/aromatic N) is 1. The summed E-state index contributed by atoms with van der Waals surface area (Å²) in [6, 6.07) is 0. The van der Waals surface area contributed by atoms with E-state index in [0.717, 1.165) is 0 Å². The Morgan fingerprint density at radius 3 is 1.86 bits per heavy atom. The topological polar surface area (TPSA) is 12.4 Å². The molecule has 0 unspecified atom stereocenters. The number of hydrogen-bond donors (Lipinski definition) is 0. The van der Waals surface area contributed by atoms with Crippen LogP contribution in [-0.2, 0) is 0 Å². The van der Waals surface area contributed by atoms with Crippen LogP contribution in [-0.4, -0.2) is 11.5 Å². The largest absolute Gasteiger partial charge is 0.511 e. The highest BCUT2D eigenvalue weighted by atomic mass is 32.1. The highest BCUT2D eigenvalue weighted by molar-refractivity contribution is 7.78. The number of aliphatic imine (C=N–C) groups is 1. The Kier molecular flexibility index (Phi) is 1.92. The van der Waals surface area contributed by atoms with Crippen molar-refractivity contribution in [1.82, 2.24) is 0 Å². The molecule has 0 aromatic heterocycles. The van der Waals surface area contributed by atoms with Gasteiger partial charge in [-0.25, -0.2) is 0 Å². The van der Waals surface area contributed by atoms with Crippen LogP contribution >= 0.6 is 12.2 Å². The first-order valence-corrected chi connectivity index (χ1v) is 1.63. The summed E-state index contributed by atoms with van der Waals surface area (Å²) in [5, 5.41) is 1.19. The van der Waals surface area contributed by atoms with Crippen molar-refractivity contribution in [2.24, 2.45) is 4.99 Å². The van der Waals surface area contributed by atoms with Gasteiger partial charge in [-0.1, -0.05) is 0 Å². The van der Waals surface area contributed by atoms with E-state index < -0.39 is 6.30 Å². The van der Waals surface area contributed by atoms with Gasteiger partial charge in [0.2, 0.25) is 0 Å². The van der Waals surface area contributed by atoms with Crippen LogP contribution in [0.5, 0.6) is 0 Å². The molecule has 0 aromatic carbocycles. The molecule has 0 saturated carbocycles. The SMILES string of the molecule is FC(F)(F)N=C=S. The zero-order valence-electron chi connectivity index (χ0n) is 2.99. The molecule has 0 aliphatic rings. The molecule has 0 rings (SSSR count). The van der Waals surface area contributed by atoms with Crippen molar-refractivity contribution in [3.8, 4) is 0 Å². The quantitative estimate of drug-likeness (QED) is 0.273. The number of isothiocyanates is 1. The van der Waals surface area contributed by atoms with E-state index in [-0.39, 0.29) is 0 Å². The minimum absolute atomic E-state index is 1.19. The van der Waals surface area contributed by atoms with Crippen LogP contribution in [0.15, 0.2) is 4.99 Å². The lowest BCUT2D eigenvalue weighted by Gasteiger charge is -1.89. The molecule has 0 aliphatic carbocycles. The molecule has 0 bridgehead atoms. The first-order chi connectivity index (χ1) is 3.06. The Morgan fingerprint density at radius 1 is 1.43 bits per heavy atom. The number of halogens is 3. The summed E-state index contributed by atoms with van der Waals surface area (Å²) in [5.74, 6) is 0. The zero-order chi connectivity index (χ0) is 5.91. The Balaban J connectivity index is 3.80. The van der Waals surface area contributed by atoms with E-state index in [9.17, 15) is 13.2 Å². The van der Waals surface area contributed by atoms with Gasteiger partial charge in [0.05, 0.1) is 5.16 Å². The van der Waals surface area contributed by atoms with Gasteiger partial charge in [-0.2, -0.15) is 0 Å². The van der Waals surface area contributed by atoms with Crippen LogP contribution in [0.1, 0.15) is 0 Å². The van der Waals surface area contributed by atoms with E-state index in [1.54, 1.807) is 0 Å². The van der Waals surface area contributed by atoms with Gasteiger partial charge >= 0.3 is 6.30 Å². The molecule has 1 nitrogen and oxygen atoms in total. The molecule has 5 heteroatoms. The highest BCUT2D eigenvalue weighted by Gasteiger charge is 2.24. The summed E-state index contributed by atoms with van der Waals surface area (Å²) in [6.07, 6.45) is -4.54. The monoisotopic (exact) mass is 127 g/mol. The lowest BCUT2D eigenvalue weighted by molar-refractivity contribution is -0.118. The predicted molar refractivity (Wildman–Crippen MR) is 21.1 cm³/mol. The second kappa shape index (κ2) is 2.04. The number of alkyl halides is 3. The van der Waals surface area contributed by atoms with Crippen molar-refractivity contribution in [3.63, 3.8) is 0 Å². The minimum Gasteiger partial charge on any atom is -0.148 e. The van der Waals surface area contributed by atoms with Crippen molar-refractivity contribution >= 4 is 17.4 Å². The fourth-order valence-electron chi connectivity index (χ4n) is 0.0518. The summed E-state index contributed by atoms with van der Waals surface area (Å²) in [6.45, 7) is 0. The third-order valence-electron chi connectivity index (χ3n) is 0.172. The first kappa shape index (κ1) is 6.59. The van der Waals surface area contributed by atoms with E-state index in [1.807, 2.05) is 4.99 Å². The fourth-order valence-corrected chi connectivity index (χ4v) is 0.155. The van der Waals surface area contributed by atoms with Crippen LogP contribution in [0.4, 0.5) is 13.2 Å². The van der Waals surface area contributed by atoms with Gasteiger partial charge in [-0.15, -0.1) is 18.2 Å². The molecule has 0 spiro atoms. The molecule has 0 fully saturated rings. The minimum atomic E-state index is -4.54. The lowest BCUT2D eigenvalue weighted by atomic mass is 11.2. The van der Waals surface area contributed by atoms with Crippen molar-refractivity contribution in [1.29, 1.82) is 0 Å². The molecular weight excluding hydrogens is 127 g/mol.